The molecule has 0 atom stereocenters. The molecule has 0 aromatic carbocycles. The summed E-state index contributed by atoms with van der Waals surface area (Å²) in [6.45, 7) is 2.40. The molecule has 0 fully saturated rings. The second-order valence-electron chi connectivity index (χ2n) is 1.08. The Morgan fingerprint density at radius 2 is 1.00 bits per heavy atom. The van der Waals surface area contributed by atoms with Gasteiger partial charge in [-0.1, -0.05) is 13.3 Å². The van der Waals surface area contributed by atoms with Gasteiger partial charge < -0.3 is 20.4 Å². The molecule has 0 aliphatic carbocycles. The fourth-order valence-electron chi connectivity index (χ4n) is 0.158. The van der Waals surface area contributed by atoms with Crippen LogP contribution in [0.2, 0.25) is 0 Å². The minimum Gasteiger partial charge on any atom is -0.400 e. The second-order valence-corrected chi connectivity index (χ2v) is 1.08. The summed E-state index contributed by atoms with van der Waals surface area (Å²) in [5.74, 6) is 0. The largest absolute Gasteiger partial charge is 0.400 e. The Labute approximate surface area is 120 Å². The summed E-state index contributed by atoms with van der Waals surface area (Å²) >= 11 is 0. The zero-order chi connectivity index (χ0) is 10.1. The van der Waals surface area contributed by atoms with Gasteiger partial charge in [0.1, 0.15) is 0 Å². The molecule has 0 unspecified atom stereocenters. The molecule has 0 saturated carbocycles. The molecule has 0 bridgehead atoms. The van der Waals surface area contributed by atoms with E-state index in [2.05, 4.69) is 6.92 Å². The van der Waals surface area contributed by atoms with Crippen LogP contribution in [0.4, 0.5) is 0 Å². The van der Waals surface area contributed by atoms with Crippen molar-refractivity contribution in [3.63, 3.8) is 0 Å². The first kappa shape index (κ1) is 36.5. The van der Waals surface area contributed by atoms with Crippen LogP contribution in [-0.2, 0) is 52.4 Å². The minimum atomic E-state index is 0. The van der Waals surface area contributed by atoms with E-state index in [-0.39, 0.29) is 52.4 Å². The number of aliphatic hydroxyl groups excluding tert-OH is 4. The summed E-state index contributed by atoms with van der Waals surface area (Å²) in [5.41, 5.74) is 0. The van der Waals surface area contributed by atoms with Crippen LogP contribution in [-0.4, -0.2) is 48.4 Å². The molecule has 0 saturated heterocycles. The number of aliphatic hydroxyl groups is 4. The zero-order valence-electron chi connectivity index (χ0n) is 8.91. The Morgan fingerprint density at radius 3 is 1.00 bits per heavy atom. The first-order chi connectivity index (χ1) is 5.41. The smallest absolute Gasteiger partial charge is 0.0430 e. The molecule has 0 radical (unpaired) electrons. The van der Waals surface area contributed by atoms with Crippen LogP contribution >= 0.6 is 0 Å². The molecule has 0 rings (SSSR count). The third-order valence-electron chi connectivity index (χ3n) is 0.512. The van der Waals surface area contributed by atoms with E-state index in [0.717, 1.165) is 34.2 Å². The molecule has 0 aromatic rings. The van der Waals surface area contributed by atoms with Gasteiger partial charge in [-0.05, 0) is 6.42 Å². The Kier molecular flexibility index (Phi) is 286. The first-order valence-electron chi connectivity index (χ1n) is 3.36. The predicted octanol–water partition coefficient (Wildman–Crippen LogP) is -0.401. The standard InChI is InChI=1S/C4H10O.3CH4O.2Zr/c1-2-3-4-5;3*1-2;;/h5H,2-4H2,1H3;3*2H,1H3;;. The van der Waals surface area contributed by atoms with Gasteiger partial charge in [0.2, 0.25) is 0 Å². The Balaban J connectivity index is -0.0000000135. The Bertz CT molecular complexity index is 26.0. The summed E-state index contributed by atoms with van der Waals surface area (Å²) in [6.07, 6.45) is 2.04. The molecule has 0 heterocycles. The predicted molar refractivity (Wildman–Crippen MR) is 46.4 cm³/mol. The number of unbranched alkanes of at least 4 members (excludes halogenated alkanes) is 1. The molecular formula is C7H22O4Zr2. The van der Waals surface area contributed by atoms with Gasteiger partial charge in [-0.2, -0.15) is 0 Å². The van der Waals surface area contributed by atoms with Crippen molar-refractivity contribution >= 4 is 0 Å². The van der Waals surface area contributed by atoms with Gasteiger partial charge in [0.05, 0.1) is 0 Å². The van der Waals surface area contributed by atoms with Crippen LogP contribution < -0.4 is 0 Å². The third kappa shape index (κ3) is 141. The van der Waals surface area contributed by atoms with Gasteiger partial charge in [-0.25, -0.2) is 0 Å². The summed E-state index contributed by atoms with van der Waals surface area (Å²) in [4.78, 5) is 0. The summed E-state index contributed by atoms with van der Waals surface area (Å²) in [5, 5.41) is 29.1. The van der Waals surface area contributed by atoms with E-state index in [1.165, 1.54) is 0 Å². The molecule has 6 heteroatoms. The number of hydrogen-bond acceptors (Lipinski definition) is 4. The average molecular weight is 353 g/mol. The van der Waals surface area contributed by atoms with Crippen molar-refractivity contribution < 1.29 is 72.8 Å². The average Bonchev–Trinajstić information content (AvgIpc) is 2.16. The van der Waals surface area contributed by atoms with Gasteiger partial charge in [0.25, 0.3) is 0 Å². The van der Waals surface area contributed by atoms with Gasteiger partial charge in [0, 0.05) is 80.3 Å². The van der Waals surface area contributed by atoms with Gasteiger partial charge >= 0.3 is 0 Å². The van der Waals surface area contributed by atoms with E-state index in [1.807, 2.05) is 0 Å². The number of hydrogen-bond donors (Lipinski definition) is 4. The van der Waals surface area contributed by atoms with Crippen LogP contribution in [0.1, 0.15) is 19.8 Å². The SMILES string of the molecule is CCCCO.CO.CO.CO.[Zr].[Zr]. The third-order valence-corrected chi connectivity index (χ3v) is 0.512. The van der Waals surface area contributed by atoms with Gasteiger partial charge in [-0.3, -0.25) is 0 Å². The maximum absolute atomic E-state index is 8.07. The zero-order valence-corrected chi connectivity index (χ0v) is 13.8. The minimum absolute atomic E-state index is 0. The quantitative estimate of drug-likeness (QED) is 0.545. The van der Waals surface area contributed by atoms with E-state index in [4.69, 9.17) is 20.4 Å². The molecule has 4 N–H and O–H groups in total. The van der Waals surface area contributed by atoms with E-state index in [0.29, 0.717) is 6.61 Å². The van der Waals surface area contributed by atoms with Crippen molar-refractivity contribution in [1.29, 1.82) is 0 Å². The van der Waals surface area contributed by atoms with E-state index < -0.39 is 0 Å². The van der Waals surface area contributed by atoms with E-state index >= 15 is 0 Å². The fourth-order valence-corrected chi connectivity index (χ4v) is 0.158. The maximum Gasteiger partial charge on any atom is 0.0430 e. The monoisotopic (exact) mass is 350 g/mol. The molecule has 82 valence electrons. The van der Waals surface area contributed by atoms with Crippen molar-refractivity contribution in [1.82, 2.24) is 0 Å². The Morgan fingerprint density at radius 1 is 0.769 bits per heavy atom. The molecule has 0 amide bonds. The summed E-state index contributed by atoms with van der Waals surface area (Å²) < 4.78 is 0. The van der Waals surface area contributed by atoms with Crippen LogP contribution in [0.15, 0.2) is 0 Å². The van der Waals surface area contributed by atoms with Crippen LogP contribution in [0.3, 0.4) is 0 Å². The van der Waals surface area contributed by atoms with Crippen molar-refractivity contribution in [2.45, 2.75) is 19.8 Å². The second kappa shape index (κ2) is 102. The summed E-state index contributed by atoms with van der Waals surface area (Å²) in [6, 6.07) is 0. The van der Waals surface area contributed by atoms with Crippen LogP contribution in [0.25, 0.3) is 0 Å². The molecule has 0 aromatic heterocycles. The van der Waals surface area contributed by atoms with Crippen LogP contribution in [0.5, 0.6) is 0 Å². The molecule has 4 nitrogen and oxygen atoms in total. The van der Waals surface area contributed by atoms with Crippen molar-refractivity contribution in [3.8, 4) is 0 Å². The maximum atomic E-state index is 8.07. The molecule has 13 heavy (non-hydrogen) atoms. The fraction of sp³-hybridized carbons (Fsp3) is 1.00. The normalized spacial score (nSPS) is 4.62. The molecular weight excluding hydrogens is 331 g/mol. The number of rotatable bonds is 2. The van der Waals surface area contributed by atoms with E-state index in [9.17, 15) is 0 Å². The van der Waals surface area contributed by atoms with E-state index in [1.54, 1.807) is 0 Å². The first-order valence-corrected chi connectivity index (χ1v) is 3.36. The van der Waals surface area contributed by atoms with Crippen molar-refractivity contribution in [2.75, 3.05) is 27.9 Å². The molecule has 0 aliphatic rings. The Hall–Kier alpha value is 1.61. The van der Waals surface area contributed by atoms with Crippen molar-refractivity contribution in [3.05, 3.63) is 0 Å². The molecule has 0 spiro atoms. The summed E-state index contributed by atoms with van der Waals surface area (Å²) in [7, 11) is 3.00. The molecule has 0 aliphatic heterocycles. The van der Waals surface area contributed by atoms with Gasteiger partial charge in [0.15, 0.2) is 0 Å². The van der Waals surface area contributed by atoms with Gasteiger partial charge in [-0.15, -0.1) is 0 Å². The topological polar surface area (TPSA) is 80.9 Å². The van der Waals surface area contributed by atoms with Crippen LogP contribution in [0, 0.1) is 0 Å². The van der Waals surface area contributed by atoms with Crippen molar-refractivity contribution in [2.24, 2.45) is 0 Å².